The molecule has 2 aromatic carbocycles. The van der Waals surface area contributed by atoms with Gasteiger partial charge in [0.1, 0.15) is 24.2 Å². The molecule has 0 unspecified atom stereocenters. The van der Waals surface area contributed by atoms with E-state index in [1.165, 1.54) is 0 Å². The molecule has 6 nitrogen and oxygen atoms in total. The molecule has 156 valence electrons. The summed E-state index contributed by atoms with van der Waals surface area (Å²) in [6, 6.07) is 21.0. The van der Waals surface area contributed by atoms with Crippen molar-refractivity contribution in [3.63, 3.8) is 0 Å². The van der Waals surface area contributed by atoms with Crippen molar-refractivity contribution < 1.29 is 9.53 Å². The predicted molar refractivity (Wildman–Crippen MR) is 122 cm³/mol. The van der Waals surface area contributed by atoms with Crippen LogP contribution in [0.15, 0.2) is 71.3 Å². The summed E-state index contributed by atoms with van der Waals surface area (Å²) >= 11 is 3.47. The summed E-state index contributed by atoms with van der Waals surface area (Å²) in [4.78, 5) is 21.1. The number of hydrogen-bond donors (Lipinski definition) is 0. The Kier molecular flexibility index (Phi) is 6.48. The lowest BCUT2D eigenvalue weighted by Crippen LogP contribution is -2.49. The lowest BCUT2D eigenvalue weighted by Gasteiger charge is -2.35. The van der Waals surface area contributed by atoms with Gasteiger partial charge in [-0.2, -0.15) is 5.26 Å². The first-order valence-corrected chi connectivity index (χ1v) is 10.8. The largest absolute Gasteiger partial charge is 0.488 e. The van der Waals surface area contributed by atoms with Crippen LogP contribution < -0.4 is 9.64 Å². The van der Waals surface area contributed by atoms with E-state index in [1.807, 2.05) is 53.4 Å². The van der Waals surface area contributed by atoms with Crippen LogP contribution in [0.3, 0.4) is 0 Å². The molecule has 1 amide bonds. The number of pyridine rings is 1. The third-order valence-corrected chi connectivity index (χ3v) is 5.86. The Labute approximate surface area is 189 Å². The van der Waals surface area contributed by atoms with E-state index in [1.54, 1.807) is 18.3 Å². The minimum absolute atomic E-state index is 0.0134. The van der Waals surface area contributed by atoms with Crippen LogP contribution in [0.25, 0.3) is 0 Å². The van der Waals surface area contributed by atoms with Crippen LogP contribution in [0.5, 0.6) is 5.75 Å². The van der Waals surface area contributed by atoms with E-state index in [4.69, 9.17) is 4.74 Å². The second-order valence-corrected chi connectivity index (χ2v) is 8.04. The number of anilines is 1. The van der Waals surface area contributed by atoms with Gasteiger partial charge in [-0.1, -0.05) is 24.3 Å². The summed E-state index contributed by atoms with van der Waals surface area (Å²) in [6.45, 7) is 2.91. The van der Waals surface area contributed by atoms with Crippen LogP contribution in [0.2, 0.25) is 0 Å². The molecule has 3 aromatic rings. The molecule has 1 saturated heterocycles. The van der Waals surface area contributed by atoms with Gasteiger partial charge in [-0.05, 0) is 57.9 Å². The fraction of sp³-hybridized carbons (Fsp3) is 0.208. The molecule has 0 N–H and O–H groups in total. The fourth-order valence-corrected chi connectivity index (χ4v) is 3.91. The van der Waals surface area contributed by atoms with Gasteiger partial charge >= 0.3 is 0 Å². The summed E-state index contributed by atoms with van der Waals surface area (Å²) in [5.41, 5.74) is 2.22. The Hall–Kier alpha value is -3.37. The highest BCUT2D eigenvalue weighted by molar-refractivity contribution is 9.10. The van der Waals surface area contributed by atoms with Crippen molar-refractivity contribution in [1.29, 1.82) is 5.26 Å². The Morgan fingerprint density at radius 2 is 1.77 bits per heavy atom. The normalized spacial score (nSPS) is 13.5. The average molecular weight is 477 g/mol. The van der Waals surface area contributed by atoms with Gasteiger partial charge in [-0.3, -0.25) is 4.79 Å². The second kappa shape index (κ2) is 9.63. The molecule has 0 bridgehead atoms. The van der Waals surface area contributed by atoms with E-state index in [-0.39, 0.29) is 5.91 Å². The summed E-state index contributed by atoms with van der Waals surface area (Å²) in [5, 5.41) is 9.28. The summed E-state index contributed by atoms with van der Waals surface area (Å²) in [6.07, 6.45) is 1.69. The van der Waals surface area contributed by atoms with Crippen LogP contribution in [0.4, 0.5) is 5.82 Å². The molecule has 1 fully saturated rings. The average Bonchev–Trinajstić information content (AvgIpc) is 2.83. The Morgan fingerprint density at radius 1 is 1.03 bits per heavy atom. The standard InChI is InChI=1S/C24H21BrN4O2/c25-21-5-1-2-6-22(21)31-17-18-7-9-19(10-8-18)24(30)29-14-12-28(13-15-29)23-20(16-26)4-3-11-27-23/h1-11H,12-15,17H2. The molecule has 0 aliphatic carbocycles. The molecular formula is C24H21BrN4O2. The maximum absolute atomic E-state index is 12.9. The van der Waals surface area contributed by atoms with E-state index >= 15 is 0 Å². The van der Waals surface area contributed by atoms with Gasteiger partial charge in [0.2, 0.25) is 0 Å². The van der Waals surface area contributed by atoms with E-state index in [0.717, 1.165) is 15.8 Å². The first kappa shape index (κ1) is 20.9. The second-order valence-electron chi connectivity index (χ2n) is 7.18. The highest BCUT2D eigenvalue weighted by atomic mass is 79.9. The number of hydrogen-bond acceptors (Lipinski definition) is 5. The van der Waals surface area contributed by atoms with E-state index in [2.05, 4.69) is 31.9 Å². The molecule has 2 heterocycles. The van der Waals surface area contributed by atoms with Crippen LogP contribution in [-0.2, 0) is 6.61 Å². The molecule has 31 heavy (non-hydrogen) atoms. The molecule has 0 saturated carbocycles. The van der Waals surface area contributed by atoms with Gasteiger partial charge in [0, 0.05) is 37.9 Å². The van der Waals surface area contributed by atoms with E-state index in [9.17, 15) is 10.1 Å². The van der Waals surface area contributed by atoms with Crippen molar-refractivity contribution >= 4 is 27.7 Å². The molecule has 1 aliphatic rings. The number of carbonyl (C=O) groups is 1. The highest BCUT2D eigenvalue weighted by Gasteiger charge is 2.24. The quantitative estimate of drug-likeness (QED) is 0.550. The number of amides is 1. The maximum atomic E-state index is 12.9. The number of carbonyl (C=O) groups excluding carboxylic acids is 1. The number of nitrogens with zero attached hydrogens (tertiary/aromatic N) is 4. The van der Waals surface area contributed by atoms with Gasteiger partial charge in [0.05, 0.1) is 10.0 Å². The Balaban J connectivity index is 1.34. The minimum Gasteiger partial charge on any atom is -0.488 e. The van der Waals surface area contributed by atoms with Gasteiger partial charge in [0.25, 0.3) is 5.91 Å². The Morgan fingerprint density at radius 3 is 2.48 bits per heavy atom. The third kappa shape index (κ3) is 4.86. The molecule has 1 aliphatic heterocycles. The number of ether oxygens (including phenoxy) is 1. The lowest BCUT2D eigenvalue weighted by atomic mass is 10.1. The van der Waals surface area contributed by atoms with Crippen LogP contribution >= 0.6 is 15.9 Å². The number of rotatable bonds is 5. The first-order chi connectivity index (χ1) is 15.2. The number of benzene rings is 2. The Bertz CT molecular complexity index is 1100. The van der Waals surface area contributed by atoms with Gasteiger partial charge < -0.3 is 14.5 Å². The smallest absolute Gasteiger partial charge is 0.253 e. The maximum Gasteiger partial charge on any atom is 0.253 e. The summed E-state index contributed by atoms with van der Waals surface area (Å²) in [5.74, 6) is 1.49. The molecule has 0 atom stereocenters. The zero-order valence-corrected chi connectivity index (χ0v) is 18.5. The number of piperazine rings is 1. The SMILES string of the molecule is N#Cc1cccnc1N1CCN(C(=O)c2ccc(COc3ccccc3Br)cc2)CC1. The van der Waals surface area contributed by atoms with Crippen molar-refractivity contribution in [2.45, 2.75) is 6.61 Å². The first-order valence-electron chi connectivity index (χ1n) is 10.0. The third-order valence-electron chi connectivity index (χ3n) is 5.21. The topological polar surface area (TPSA) is 69.5 Å². The van der Waals surface area contributed by atoms with Crippen molar-refractivity contribution in [2.75, 3.05) is 31.1 Å². The molecule has 4 rings (SSSR count). The number of nitriles is 1. The summed E-state index contributed by atoms with van der Waals surface area (Å²) < 4.78 is 6.75. The minimum atomic E-state index is 0.0134. The monoisotopic (exact) mass is 476 g/mol. The molecule has 1 aromatic heterocycles. The van der Waals surface area contributed by atoms with Crippen LogP contribution in [0.1, 0.15) is 21.5 Å². The van der Waals surface area contributed by atoms with Crippen molar-refractivity contribution in [2.24, 2.45) is 0 Å². The highest BCUT2D eigenvalue weighted by Crippen LogP contribution is 2.25. The number of halogens is 1. The molecule has 0 radical (unpaired) electrons. The van der Waals surface area contributed by atoms with Gasteiger partial charge in [0.15, 0.2) is 0 Å². The van der Waals surface area contributed by atoms with E-state index in [0.29, 0.717) is 49.7 Å². The van der Waals surface area contributed by atoms with Crippen LogP contribution in [0, 0.1) is 11.3 Å². The molecular weight excluding hydrogens is 456 g/mol. The van der Waals surface area contributed by atoms with Crippen molar-refractivity contribution in [3.8, 4) is 11.8 Å². The van der Waals surface area contributed by atoms with Crippen LogP contribution in [-0.4, -0.2) is 42.0 Å². The van der Waals surface area contributed by atoms with Crippen molar-refractivity contribution in [3.05, 3.63) is 88.0 Å². The van der Waals surface area contributed by atoms with Gasteiger partial charge in [-0.25, -0.2) is 4.98 Å². The predicted octanol–water partition coefficient (Wildman–Crippen LogP) is 4.26. The molecule has 0 spiro atoms. The van der Waals surface area contributed by atoms with Crippen molar-refractivity contribution in [1.82, 2.24) is 9.88 Å². The van der Waals surface area contributed by atoms with Gasteiger partial charge in [-0.15, -0.1) is 0 Å². The summed E-state index contributed by atoms with van der Waals surface area (Å²) in [7, 11) is 0. The fourth-order valence-electron chi connectivity index (χ4n) is 3.51. The zero-order valence-electron chi connectivity index (χ0n) is 16.9. The number of aromatic nitrogens is 1. The lowest BCUT2D eigenvalue weighted by molar-refractivity contribution is 0.0746. The van der Waals surface area contributed by atoms with E-state index < -0.39 is 0 Å². The number of para-hydroxylation sites is 1. The molecule has 7 heteroatoms. The zero-order chi connectivity index (χ0) is 21.6.